The van der Waals surface area contributed by atoms with Gasteiger partial charge in [0.25, 0.3) is 0 Å². The summed E-state index contributed by atoms with van der Waals surface area (Å²) >= 11 is 2.63. The lowest BCUT2D eigenvalue weighted by Gasteiger charge is -2.31. The lowest BCUT2D eigenvalue weighted by Crippen LogP contribution is -2.38. The quantitative estimate of drug-likeness (QED) is 0.134. The molecule has 2 N–H and O–H groups in total. The van der Waals surface area contributed by atoms with Crippen molar-refractivity contribution in [1.29, 1.82) is 0 Å². The van der Waals surface area contributed by atoms with Crippen LogP contribution in [0.2, 0.25) is 0 Å². The Morgan fingerprint density at radius 2 is 1.33 bits per heavy atom. The minimum absolute atomic E-state index is 0.109. The number of aromatic nitrogens is 2. The number of nitrogens with zero attached hydrogens (tertiary/aromatic N) is 4. The second-order valence-electron chi connectivity index (χ2n) is 12.6. The molecule has 274 valence electrons. The largest absolute Gasteiger partial charge is 0.302 e. The molecular weight excluding hydrogens is 729 g/mol. The molecule has 5 rings (SSSR count). The van der Waals surface area contributed by atoms with Crippen LogP contribution in [-0.4, -0.2) is 73.4 Å². The normalized spacial score (nSPS) is 14.6. The van der Waals surface area contributed by atoms with E-state index in [9.17, 15) is 26.4 Å². The number of anilines is 2. The van der Waals surface area contributed by atoms with Crippen LogP contribution in [-0.2, 0) is 29.6 Å². The fraction of sp³-hybridized carbons (Fsp3) is 0.429. The van der Waals surface area contributed by atoms with Crippen LogP contribution in [0.3, 0.4) is 0 Å². The number of carbonyl (C=O) groups is 2. The van der Waals surface area contributed by atoms with E-state index in [1.165, 1.54) is 31.3 Å². The van der Waals surface area contributed by atoms with Crippen molar-refractivity contribution in [2.24, 2.45) is 11.8 Å². The molecule has 1 aliphatic heterocycles. The summed E-state index contributed by atoms with van der Waals surface area (Å²) in [6.07, 6.45) is 3.31. The number of sulfonamides is 2. The highest BCUT2D eigenvalue weighted by Crippen LogP contribution is 2.31. The van der Waals surface area contributed by atoms with Crippen LogP contribution in [0.15, 0.2) is 69.1 Å². The summed E-state index contributed by atoms with van der Waals surface area (Å²) in [5.41, 5.74) is 2.85. The van der Waals surface area contributed by atoms with Gasteiger partial charge in [-0.25, -0.2) is 26.8 Å². The Morgan fingerprint density at radius 3 is 1.84 bits per heavy atom. The van der Waals surface area contributed by atoms with Crippen molar-refractivity contribution in [3.05, 3.63) is 59.3 Å². The number of hydrogen-bond donors (Lipinski definition) is 2. The number of thiazole rings is 2. The lowest BCUT2D eigenvalue weighted by atomic mass is 9.92. The third kappa shape index (κ3) is 9.47. The second-order valence-corrected chi connectivity index (χ2v) is 18.2. The van der Waals surface area contributed by atoms with Gasteiger partial charge in [0.15, 0.2) is 10.3 Å². The van der Waals surface area contributed by atoms with Crippen molar-refractivity contribution < 1.29 is 26.4 Å². The number of rotatable bonds is 15. The Balaban J connectivity index is 1.05. The number of piperidine rings is 1. The van der Waals surface area contributed by atoms with Crippen LogP contribution < -0.4 is 10.6 Å². The van der Waals surface area contributed by atoms with Gasteiger partial charge in [0, 0.05) is 60.4 Å². The predicted molar refractivity (Wildman–Crippen MR) is 203 cm³/mol. The van der Waals surface area contributed by atoms with Gasteiger partial charge in [0.05, 0.1) is 21.2 Å². The summed E-state index contributed by atoms with van der Waals surface area (Å²) in [5.74, 6) is -0.0609. The van der Waals surface area contributed by atoms with E-state index in [-0.39, 0.29) is 27.5 Å². The molecule has 0 saturated carbocycles. The van der Waals surface area contributed by atoms with Crippen LogP contribution in [0.5, 0.6) is 0 Å². The first kappa shape index (κ1) is 38.7. The van der Waals surface area contributed by atoms with Gasteiger partial charge in [-0.3, -0.25) is 9.59 Å². The summed E-state index contributed by atoms with van der Waals surface area (Å²) in [4.78, 5) is 34.1. The van der Waals surface area contributed by atoms with E-state index < -0.39 is 20.0 Å². The van der Waals surface area contributed by atoms with Crippen LogP contribution in [0, 0.1) is 11.8 Å². The highest BCUT2D eigenvalue weighted by Gasteiger charge is 2.29. The Morgan fingerprint density at radius 1 is 0.824 bits per heavy atom. The maximum Gasteiger partial charge on any atom is 0.243 e. The molecule has 12 nitrogen and oxygen atoms in total. The Labute approximate surface area is 308 Å². The molecule has 1 aliphatic rings. The van der Waals surface area contributed by atoms with Gasteiger partial charge in [-0.2, -0.15) is 8.61 Å². The van der Waals surface area contributed by atoms with E-state index >= 15 is 0 Å². The molecule has 0 atom stereocenters. The summed E-state index contributed by atoms with van der Waals surface area (Å²) in [7, 11) is -7.19. The smallest absolute Gasteiger partial charge is 0.243 e. The van der Waals surface area contributed by atoms with Crippen molar-refractivity contribution in [1.82, 2.24) is 18.6 Å². The molecule has 0 spiro atoms. The number of carbonyl (C=O) groups excluding carboxylic acids is 2. The first-order valence-electron chi connectivity index (χ1n) is 17.0. The summed E-state index contributed by atoms with van der Waals surface area (Å²) in [5, 5.41) is 10.3. The maximum atomic E-state index is 13.4. The molecule has 4 aromatic rings. The molecule has 2 amide bonds. The summed E-state index contributed by atoms with van der Waals surface area (Å²) in [6, 6.07) is 13.3. The van der Waals surface area contributed by atoms with Gasteiger partial charge in [-0.05, 0) is 55.9 Å². The molecule has 0 radical (unpaired) electrons. The topological polar surface area (TPSA) is 159 Å². The highest BCUT2D eigenvalue weighted by molar-refractivity contribution is 7.89. The van der Waals surface area contributed by atoms with E-state index in [2.05, 4.69) is 20.6 Å². The molecular formula is C35H44N6O6S4. The van der Waals surface area contributed by atoms with Crippen LogP contribution in [0.4, 0.5) is 10.3 Å². The van der Waals surface area contributed by atoms with Crippen LogP contribution in [0.25, 0.3) is 22.5 Å². The van der Waals surface area contributed by atoms with Gasteiger partial charge in [0.1, 0.15) is 0 Å². The number of amides is 2. The molecule has 0 bridgehead atoms. The van der Waals surface area contributed by atoms with Gasteiger partial charge < -0.3 is 10.6 Å². The standard InChI is InChI=1S/C35H44N6O6S4/c1-5-40(6-2)50(44,45)28-14-10-26(11-15-28)30-22-48-34(36-30)38-32(42)9-7-8-25-18-20-41(21-19-25)51(46,47)29-16-12-27(13-17-29)31-23-49-35(37-31)39-33(43)24(3)4/h10-17,22-25H,5-9,18-21H2,1-4H3,(H,36,38,42)(H,37,39,43). The van der Waals surface area contributed by atoms with E-state index in [4.69, 9.17) is 0 Å². The van der Waals surface area contributed by atoms with E-state index in [1.54, 1.807) is 62.4 Å². The zero-order valence-corrected chi connectivity index (χ0v) is 32.4. The van der Waals surface area contributed by atoms with Crippen molar-refractivity contribution in [3.63, 3.8) is 0 Å². The zero-order chi connectivity index (χ0) is 36.8. The highest BCUT2D eigenvalue weighted by atomic mass is 32.2. The van der Waals surface area contributed by atoms with E-state index in [1.807, 2.05) is 24.6 Å². The molecule has 2 aromatic heterocycles. The van der Waals surface area contributed by atoms with Crippen LogP contribution >= 0.6 is 22.7 Å². The minimum Gasteiger partial charge on any atom is -0.302 e. The Hall–Kier alpha value is -3.54. The van der Waals surface area contributed by atoms with Gasteiger partial charge in [-0.1, -0.05) is 52.0 Å². The summed E-state index contributed by atoms with van der Waals surface area (Å²) in [6.45, 7) is 8.89. The van der Waals surface area contributed by atoms with Gasteiger partial charge >= 0.3 is 0 Å². The number of nitrogens with one attached hydrogen (secondary N) is 2. The van der Waals surface area contributed by atoms with Gasteiger partial charge in [-0.15, -0.1) is 22.7 Å². The molecule has 2 aromatic carbocycles. The fourth-order valence-electron chi connectivity index (χ4n) is 5.81. The molecule has 16 heteroatoms. The molecule has 0 aliphatic carbocycles. The average Bonchev–Trinajstić information content (AvgIpc) is 3.79. The van der Waals surface area contributed by atoms with Crippen LogP contribution in [0.1, 0.15) is 59.8 Å². The van der Waals surface area contributed by atoms with Gasteiger partial charge in [0.2, 0.25) is 31.9 Å². The molecule has 51 heavy (non-hydrogen) atoms. The molecule has 3 heterocycles. The monoisotopic (exact) mass is 772 g/mol. The second kappa shape index (κ2) is 16.9. The average molecular weight is 773 g/mol. The third-order valence-electron chi connectivity index (χ3n) is 8.88. The van der Waals surface area contributed by atoms with Crippen molar-refractivity contribution in [2.75, 3.05) is 36.8 Å². The summed E-state index contributed by atoms with van der Waals surface area (Å²) < 4.78 is 55.3. The maximum absolute atomic E-state index is 13.4. The SMILES string of the molecule is CCN(CC)S(=O)(=O)c1ccc(-c2csc(NC(=O)CCCC3CCN(S(=O)(=O)c4ccc(-c5csc(NC(=O)C(C)C)n5)cc4)CC3)n2)cc1. The lowest BCUT2D eigenvalue weighted by molar-refractivity contribution is -0.119. The van der Waals surface area contributed by atoms with Crippen molar-refractivity contribution in [2.45, 2.75) is 69.6 Å². The molecule has 0 unspecified atom stereocenters. The van der Waals surface area contributed by atoms with Crippen molar-refractivity contribution in [3.8, 4) is 22.5 Å². The molecule has 1 fully saturated rings. The van der Waals surface area contributed by atoms with E-state index in [0.29, 0.717) is 66.6 Å². The molecule has 1 saturated heterocycles. The Kier molecular flexibility index (Phi) is 12.8. The minimum atomic E-state index is -3.65. The first-order chi connectivity index (χ1) is 24.3. The third-order valence-corrected chi connectivity index (χ3v) is 14.4. The Bertz CT molecular complexity index is 2010. The first-order valence-corrected chi connectivity index (χ1v) is 21.7. The zero-order valence-electron chi connectivity index (χ0n) is 29.2. The number of benzene rings is 2. The predicted octanol–water partition coefficient (Wildman–Crippen LogP) is 6.77. The fourth-order valence-corrected chi connectivity index (χ4v) is 10.2. The number of hydrogen-bond acceptors (Lipinski definition) is 10. The van der Waals surface area contributed by atoms with Crippen molar-refractivity contribution >= 4 is 64.8 Å². The van der Waals surface area contributed by atoms with E-state index in [0.717, 1.165) is 30.4 Å².